The molecule has 1 amide bonds. The van der Waals surface area contributed by atoms with Crippen LogP contribution in [0.4, 0.5) is 4.39 Å². The number of ether oxygens (including phenoxy) is 1. The van der Waals surface area contributed by atoms with Gasteiger partial charge < -0.3 is 10.1 Å². The second-order valence-electron chi connectivity index (χ2n) is 5.88. The number of hydrogen-bond acceptors (Lipinski definition) is 4. The Morgan fingerprint density at radius 2 is 1.93 bits per heavy atom. The second kappa shape index (κ2) is 8.26. The number of imidazole rings is 1. The van der Waals surface area contributed by atoms with Gasteiger partial charge in [-0.15, -0.1) is 0 Å². The van der Waals surface area contributed by atoms with Gasteiger partial charge in [-0.1, -0.05) is 30.0 Å². The van der Waals surface area contributed by atoms with Gasteiger partial charge in [0.25, 0.3) is 5.91 Å². The van der Waals surface area contributed by atoms with Crippen molar-refractivity contribution in [3.8, 4) is 11.4 Å². The first kappa shape index (κ1) is 19.0. The fourth-order valence-corrected chi connectivity index (χ4v) is 3.40. The molecule has 2 aromatic carbocycles. The number of carbonyl (C=O) groups excluding carboxylic acids is 1. The summed E-state index contributed by atoms with van der Waals surface area (Å²) in [4.78, 5) is 17.2. The number of nitrogens with zero attached hydrogens (tertiary/aromatic N) is 2. The molecule has 1 heterocycles. The number of nitrogens with one attached hydrogen (secondary N) is 1. The van der Waals surface area contributed by atoms with Crippen LogP contribution in [0.5, 0.6) is 5.75 Å². The molecule has 1 atom stereocenters. The highest BCUT2D eigenvalue weighted by atomic mass is 32.2. The van der Waals surface area contributed by atoms with Crippen molar-refractivity contribution in [3.05, 3.63) is 71.8 Å². The van der Waals surface area contributed by atoms with Crippen molar-refractivity contribution in [2.75, 3.05) is 13.4 Å². The molecular formula is C20H20FN3O2S. The maximum Gasteiger partial charge on any atom is 0.270 e. The summed E-state index contributed by atoms with van der Waals surface area (Å²) in [7, 11) is 1.60. The van der Waals surface area contributed by atoms with E-state index < -0.39 is 0 Å². The molecule has 0 spiro atoms. The van der Waals surface area contributed by atoms with Crippen molar-refractivity contribution < 1.29 is 13.9 Å². The first-order valence-corrected chi connectivity index (χ1v) is 9.59. The molecule has 0 bridgehead atoms. The zero-order chi connectivity index (χ0) is 19.4. The Hall–Kier alpha value is -2.80. The SMILES string of the molecule is COc1ccccc1[C@@H](C)NC(=O)c1cnc(SC)n1-c1ccc(F)cc1. The van der Waals surface area contributed by atoms with Gasteiger partial charge in [0, 0.05) is 11.3 Å². The highest BCUT2D eigenvalue weighted by Gasteiger charge is 2.21. The van der Waals surface area contributed by atoms with E-state index in [1.54, 1.807) is 23.8 Å². The van der Waals surface area contributed by atoms with E-state index in [2.05, 4.69) is 10.3 Å². The number of aromatic nitrogens is 2. The van der Waals surface area contributed by atoms with Crippen molar-refractivity contribution in [2.24, 2.45) is 0 Å². The third-order valence-corrected chi connectivity index (χ3v) is 4.84. The minimum Gasteiger partial charge on any atom is -0.496 e. The van der Waals surface area contributed by atoms with Gasteiger partial charge in [-0.25, -0.2) is 9.37 Å². The minimum atomic E-state index is -0.333. The smallest absolute Gasteiger partial charge is 0.270 e. The van der Waals surface area contributed by atoms with Crippen LogP contribution in [0.3, 0.4) is 0 Å². The van der Waals surface area contributed by atoms with Crippen LogP contribution in [-0.2, 0) is 0 Å². The van der Waals surface area contributed by atoms with Crippen LogP contribution in [0.1, 0.15) is 29.0 Å². The normalized spacial score (nSPS) is 11.9. The van der Waals surface area contributed by atoms with Crippen molar-refractivity contribution in [3.63, 3.8) is 0 Å². The summed E-state index contributed by atoms with van der Waals surface area (Å²) in [6, 6.07) is 13.2. The number of amides is 1. The number of methoxy groups -OCH3 is 1. The van der Waals surface area contributed by atoms with Gasteiger partial charge in [0.1, 0.15) is 17.3 Å². The molecule has 140 valence electrons. The van der Waals surface area contributed by atoms with Gasteiger partial charge in [-0.05, 0) is 43.5 Å². The molecule has 0 aliphatic heterocycles. The molecule has 3 aromatic rings. The molecule has 0 aliphatic rings. The average Bonchev–Trinajstić information content (AvgIpc) is 3.12. The molecule has 0 saturated carbocycles. The number of halogens is 1. The highest BCUT2D eigenvalue weighted by Crippen LogP contribution is 2.26. The van der Waals surface area contributed by atoms with Crippen molar-refractivity contribution in [1.82, 2.24) is 14.9 Å². The summed E-state index contributed by atoms with van der Waals surface area (Å²) >= 11 is 1.41. The van der Waals surface area contributed by atoms with E-state index in [0.717, 1.165) is 5.56 Å². The van der Waals surface area contributed by atoms with Crippen molar-refractivity contribution in [2.45, 2.75) is 18.1 Å². The van der Waals surface area contributed by atoms with Crippen LogP contribution < -0.4 is 10.1 Å². The van der Waals surface area contributed by atoms with Crippen molar-refractivity contribution >= 4 is 17.7 Å². The maximum atomic E-state index is 13.3. The van der Waals surface area contributed by atoms with E-state index >= 15 is 0 Å². The molecule has 7 heteroatoms. The Morgan fingerprint density at radius 3 is 2.59 bits per heavy atom. The van der Waals surface area contributed by atoms with Gasteiger partial charge in [0.15, 0.2) is 5.16 Å². The molecule has 0 unspecified atom stereocenters. The first-order valence-electron chi connectivity index (χ1n) is 8.36. The summed E-state index contributed by atoms with van der Waals surface area (Å²) < 4.78 is 20.4. The van der Waals surface area contributed by atoms with Crippen LogP contribution >= 0.6 is 11.8 Å². The zero-order valence-corrected chi connectivity index (χ0v) is 16.1. The summed E-state index contributed by atoms with van der Waals surface area (Å²) in [6.45, 7) is 1.89. The summed E-state index contributed by atoms with van der Waals surface area (Å²) in [5.74, 6) is 0.105. The predicted molar refractivity (Wildman–Crippen MR) is 104 cm³/mol. The average molecular weight is 385 g/mol. The van der Waals surface area contributed by atoms with Gasteiger partial charge in [0.2, 0.25) is 0 Å². The lowest BCUT2D eigenvalue weighted by atomic mass is 10.1. The van der Waals surface area contributed by atoms with E-state index in [9.17, 15) is 9.18 Å². The van der Waals surface area contributed by atoms with Crippen LogP contribution in [0, 0.1) is 5.82 Å². The van der Waals surface area contributed by atoms with Gasteiger partial charge in [-0.3, -0.25) is 9.36 Å². The fourth-order valence-electron chi connectivity index (χ4n) is 2.85. The molecule has 0 aliphatic carbocycles. The summed E-state index contributed by atoms with van der Waals surface area (Å²) in [5.41, 5.74) is 1.94. The lowest BCUT2D eigenvalue weighted by molar-refractivity contribution is 0.0932. The van der Waals surface area contributed by atoms with Crippen LogP contribution in [0.2, 0.25) is 0 Å². The quantitative estimate of drug-likeness (QED) is 0.645. The van der Waals surface area contributed by atoms with E-state index in [0.29, 0.717) is 22.3 Å². The highest BCUT2D eigenvalue weighted by molar-refractivity contribution is 7.98. The number of benzene rings is 2. The lowest BCUT2D eigenvalue weighted by Crippen LogP contribution is -2.28. The lowest BCUT2D eigenvalue weighted by Gasteiger charge is -2.18. The molecule has 0 radical (unpaired) electrons. The molecule has 0 fully saturated rings. The third-order valence-electron chi connectivity index (χ3n) is 4.18. The fraction of sp³-hybridized carbons (Fsp3) is 0.200. The predicted octanol–water partition coefficient (Wildman–Crippen LogP) is 4.23. The van der Waals surface area contributed by atoms with E-state index in [-0.39, 0.29) is 17.8 Å². The Balaban J connectivity index is 1.91. The zero-order valence-electron chi connectivity index (χ0n) is 15.3. The number of hydrogen-bond donors (Lipinski definition) is 1. The van der Waals surface area contributed by atoms with Crippen LogP contribution in [0.25, 0.3) is 5.69 Å². The number of para-hydroxylation sites is 1. The Bertz CT molecular complexity index is 941. The standard InChI is InChI=1S/C20H20FN3O2S/c1-13(16-6-4-5-7-18(16)26-2)23-19(25)17-12-22-20(27-3)24(17)15-10-8-14(21)9-11-15/h4-13H,1-3H3,(H,23,25)/t13-/m1/s1. The summed E-state index contributed by atoms with van der Waals surface area (Å²) in [6.07, 6.45) is 3.40. The van der Waals surface area contributed by atoms with E-state index in [1.165, 1.54) is 30.1 Å². The second-order valence-corrected chi connectivity index (χ2v) is 6.65. The number of thioether (sulfide) groups is 1. The third kappa shape index (κ3) is 3.98. The van der Waals surface area contributed by atoms with Crippen molar-refractivity contribution in [1.29, 1.82) is 0 Å². The Kier molecular flexibility index (Phi) is 5.81. The largest absolute Gasteiger partial charge is 0.496 e. The van der Waals surface area contributed by atoms with E-state index in [1.807, 2.05) is 37.4 Å². The molecular weight excluding hydrogens is 365 g/mol. The number of rotatable bonds is 6. The maximum absolute atomic E-state index is 13.3. The Labute approximate surface area is 161 Å². The summed E-state index contributed by atoms with van der Waals surface area (Å²) in [5, 5.41) is 3.63. The molecule has 5 nitrogen and oxygen atoms in total. The Morgan fingerprint density at radius 1 is 1.22 bits per heavy atom. The van der Waals surface area contributed by atoms with Gasteiger partial charge >= 0.3 is 0 Å². The molecule has 1 N–H and O–H groups in total. The molecule has 27 heavy (non-hydrogen) atoms. The first-order chi connectivity index (χ1) is 13.0. The van der Waals surface area contributed by atoms with Gasteiger partial charge in [-0.2, -0.15) is 0 Å². The topological polar surface area (TPSA) is 56.1 Å². The van der Waals surface area contributed by atoms with E-state index in [4.69, 9.17) is 4.74 Å². The molecule has 0 saturated heterocycles. The molecule has 3 rings (SSSR count). The monoisotopic (exact) mass is 385 g/mol. The van der Waals surface area contributed by atoms with Crippen LogP contribution in [0.15, 0.2) is 59.9 Å². The van der Waals surface area contributed by atoms with Crippen LogP contribution in [-0.4, -0.2) is 28.8 Å². The number of carbonyl (C=O) groups is 1. The van der Waals surface area contributed by atoms with Gasteiger partial charge in [0.05, 0.1) is 19.3 Å². The minimum absolute atomic E-state index is 0.261. The molecule has 1 aromatic heterocycles.